The first kappa shape index (κ1) is 20.4. The van der Waals surface area contributed by atoms with Gasteiger partial charge in [0.05, 0.1) is 11.8 Å². The monoisotopic (exact) mass is 410 g/mol. The number of halogens is 4. The van der Waals surface area contributed by atoms with Crippen LogP contribution in [-0.4, -0.2) is 34.7 Å². The summed E-state index contributed by atoms with van der Waals surface area (Å²) in [5.74, 6) is 0.941. The van der Waals surface area contributed by atoms with Crippen molar-refractivity contribution in [1.82, 2.24) is 25.8 Å². The Balaban J connectivity index is 1.53. The number of aromatic amines is 1. The van der Waals surface area contributed by atoms with E-state index < -0.39 is 17.6 Å². The highest BCUT2D eigenvalue weighted by Crippen LogP contribution is 2.32. The first-order chi connectivity index (χ1) is 13.9. The molecule has 1 aromatic carbocycles. The zero-order valence-electron chi connectivity index (χ0n) is 15.3. The summed E-state index contributed by atoms with van der Waals surface area (Å²) in [6.45, 7) is 0.238. The molecule has 3 aromatic rings. The van der Waals surface area contributed by atoms with Crippen LogP contribution in [0.2, 0.25) is 0 Å². The minimum absolute atomic E-state index is 0.0832. The molecular formula is C18H18F4N6O. The maximum Gasteiger partial charge on any atom is 0.416 e. The van der Waals surface area contributed by atoms with Crippen molar-refractivity contribution in [3.05, 3.63) is 59.4 Å². The second-order valence-electron chi connectivity index (χ2n) is 5.98. The predicted octanol–water partition coefficient (Wildman–Crippen LogP) is 3.13. The van der Waals surface area contributed by atoms with E-state index in [2.05, 4.69) is 30.8 Å². The molecule has 0 saturated heterocycles. The van der Waals surface area contributed by atoms with Gasteiger partial charge in [-0.05, 0) is 29.8 Å². The van der Waals surface area contributed by atoms with Crippen LogP contribution >= 0.6 is 0 Å². The quantitative estimate of drug-likeness (QED) is 0.330. The van der Waals surface area contributed by atoms with Gasteiger partial charge in [0, 0.05) is 26.6 Å². The number of aliphatic imine (C=N–C) groups is 1. The van der Waals surface area contributed by atoms with Gasteiger partial charge in [-0.15, -0.1) is 0 Å². The number of hydrogen-bond acceptors (Lipinski definition) is 4. The van der Waals surface area contributed by atoms with Crippen molar-refractivity contribution in [3.63, 3.8) is 0 Å². The Kier molecular flexibility index (Phi) is 6.15. The van der Waals surface area contributed by atoms with E-state index in [-0.39, 0.29) is 12.1 Å². The van der Waals surface area contributed by atoms with Gasteiger partial charge >= 0.3 is 6.18 Å². The van der Waals surface area contributed by atoms with Crippen LogP contribution in [0.15, 0.2) is 46.0 Å². The molecule has 2 heterocycles. The summed E-state index contributed by atoms with van der Waals surface area (Å²) in [7, 11) is 1.49. The molecular weight excluding hydrogens is 392 g/mol. The SMILES string of the molecule is CN=C(NCCc1nc(-c2ccco2)n[nH]1)NCc1ccc(F)cc1C(F)(F)F. The minimum atomic E-state index is -4.64. The summed E-state index contributed by atoms with van der Waals surface area (Å²) >= 11 is 0. The van der Waals surface area contributed by atoms with E-state index in [1.807, 2.05) is 0 Å². The number of nitrogens with one attached hydrogen (secondary N) is 3. The fourth-order valence-corrected chi connectivity index (χ4v) is 2.59. The third-order valence-electron chi connectivity index (χ3n) is 3.97. The first-order valence-corrected chi connectivity index (χ1v) is 8.62. The summed E-state index contributed by atoms with van der Waals surface area (Å²) in [6, 6.07) is 6.04. The zero-order chi connectivity index (χ0) is 20.9. The Morgan fingerprint density at radius 3 is 2.76 bits per heavy atom. The molecule has 0 atom stereocenters. The molecule has 0 aliphatic carbocycles. The Labute approximate surface area is 163 Å². The second kappa shape index (κ2) is 8.76. The van der Waals surface area contributed by atoms with Gasteiger partial charge in [-0.3, -0.25) is 10.1 Å². The molecule has 0 amide bonds. The van der Waals surface area contributed by atoms with Crippen molar-refractivity contribution < 1.29 is 22.0 Å². The highest BCUT2D eigenvalue weighted by Gasteiger charge is 2.33. The van der Waals surface area contributed by atoms with Gasteiger partial charge in [-0.1, -0.05) is 6.07 Å². The first-order valence-electron chi connectivity index (χ1n) is 8.62. The average Bonchev–Trinajstić information content (AvgIpc) is 3.36. The lowest BCUT2D eigenvalue weighted by molar-refractivity contribution is -0.138. The lowest BCUT2D eigenvalue weighted by atomic mass is 10.1. The van der Waals surface area contributed by atoms with E-state index >= 15 is 0 Å². The normalized spacial score (nSPS) is 12.2. The van der Waals surface area contributed by atoms with Gasteiger partial charge in [0.2, 0.25) is 5.82 Å². The number of nitrogens with zero attached hydrogens (tertiary/aromatic N) is 3. The number of aromatic nitrogens is 3. The lowest BCUT2D eigenvalue weighted by Gasteiger charge is -2.15. The predicted molar refractivity (Wildman–Crippen MR) is 97.4 cm³/mol. The molecule has 154 valence electrons. The third kappa shape index (κ3) is 5.33. The van der Waals surface area contributed by atoms with Crippen molar-refractivity contribution in [1.29, 1.82) is 0 Å². The Morgan fingerprint density at radius 1 is 1.24 bits per heavy atom. The maximum atomic E-state index is 13.2. The van der Waals surface area contributed by atoms with Crippen molar-refractivity contribution in [3.8, 4) is 11.6 Å². The lowest BCUT2D eigenvalue weighted by Crippen LogP contribution is -2.38. The third-order valence-corrected chi connectivity index (χ3v) is 3.97. The molecule has 0 unspecified atom stereocenters. The van der Waals surface area contributed by atoms with Gasteiger partial charge in [0.15, 0.2) is 11.7 Å². The molecule has 0 aliphatic heterocycles. The zero-order valence-corrected chi connectivity index (χ0v) is 15.3. The Bertz CT molecular complexity index is 965. The van der Waals surface area contributed by atoms with Gasteiger partial charge in [-0.2, -0.15) is 18.3 Å². The molecule has 3 N–H and O–H groups in total. The largest absolute Gasteiger partial charge is 0.461 e. The number of benzene rings is 1. The number of alkyl halides is 3. The van der Waals surface area contributed by atoms with Crippen LogP contribution in [0, 0.1) is 5.82 Å². The topological polar surface area (TPSA) is 91.1 Å². The maximum absolute atomic E-state index is 13.2. The second-order valence-corrected chi connectivity index (χ2v) is 5.98. The summed E-state index contributed by atoms with van der Waals surface area (Å²) in [5.41, 5.74) is -1.10. The molecule has 3 rings (SSSR count). The van der Waals surface area contributed by atoms with Crippen LogP contribution in [0.3, 0.4) is 0 Å². The van der Waals surface area contributed by atoms with Crippen LogP contribution in [0.1, 0.15) is 17.0 Å². The Morgan fingerprint density at radius 2 is 2.07 bits per heavy atom. The highest BCUT2D eigenvalue weighted by atomic mass is 19.4. The molecule has 0 bridgehead atoms. The number of hydrogen-bond donors (Lipinski definition) is 3. The minimum Gasteiger partial charge on any atom is -0.461 e. The van der Waals surface area contributed by atoms with Gasteiger partial charge in [0.25, 0.3) is 0 Å². The molecule has 7 nitrogen and oxygen atoms in total. The fraction of sp³-hybridized carbons (Fsp3) is 0.278. The number of guanidine groups is 1. The van der Waals surface area contributed by atoms with Crippen molar-refractivity contribution >= 4 is 5.96 Å². The fourth-order valence-electron chi connectivity index (χ4n) is 2.59. The van der Waals surface area contributed by atoms with Crippen molar-refractivity contribution in [2.75, 3.05) is 13.6 Å². The number of furan rings is 1. The standard InChI is InChI=1S/C18H18F4N6O/c1-23-17(25-10-11-4-5-12(19)9-13(11)18(20,21)22)24-7-6-15-26-16(28-27-15)14-3-2-8-29-14/h2-5,8-9H,6-7,10H2,1H3,(H2,23,24,25)(H,26,27,28). The van der Waals surface area contributed by atoms with Crippen molar-refractivity contribution in [2.45, 2.75) is 19.1 Å². The van der Waals surface area contributed by atoms with Crippen LogP contribution in [0.4, 0.5) is 17.6 Å². The summed E-state index contributed by atoms with van der Waals surface area (Å²) < 4.78 is 57.6. The molecule has 0 saturated carbocycles. The molecule has 2 aromatic heterocycles. The van der Waals surface area contributed by atoms with E-state index in [1.165, 1.54) is 13.3 Å². The Hall–Kier alpha value is -3.37. The molecule has 0 radical (unpaired) electrons. The van der Waals surface area contributed by atoms with E-state index in [0.717, 1.165) is 12.1 Å². The van der Waals surface area contributed by atoms with Gasteiger partial charge in [-0.25, -0.2) is 9.37 Å². The molecule has 0 aliphatic rings. The van der Waals surface area contributed by atoms with Crippen LogP contribution < -0.4 is 10.6 Å². The molecule has 0 fully saturated rings. The summed E-state index contributed by atoms with van der Waals surface area (Å²) in [6.07, 6.45) is -2.65. The average molecular weight is 410 g/mol. The highest BCUT2D eigenvalue weighted by molar-refractivity contribution is 5.79. The van der Waals surface area contributed by atoms with E-state index in [9.17, 15) is 17.6 Å². The van der Waals surface area contributed by atoms with Crippen LogP contribution in [-0.2, 0) is 19.1 Å². The van der Waals surface area contributed by atoms with Crippen molar-refractivity contribution in [2.24, 2.45) is 4.99 Å². The van der Waals surface area contributed by atoms with Crippen LogP contribution in [0.5, 0.6) is 0 Å². The summed E-state index contributed by atoms with van der Waals surface area (Å²) in [4.78, 5) is 8.26. The van der Waals surface area contributed by atoms with Gasteiger partial charge in [0.1, 0.15) is 11.6 Å². The smallest absolute Gasteiger partial charge is 0.416 e. The van der Waals surface area contributed by atoms with Crippen LogP contribution in [0.25, 0.3) is 11.6 Å². The molecule has 0 spiro atoms. The van der Waals surface area contributed by atoms with E-state index in [4.69, 9.17) is 4.42 Å². The number of rotatable bonds is 6. The van der Waals surface area contributed by atoms with E-state index in [1.54, 1.807) is 12.1 Å². The van der Waals surface area contributed by atoms with E-state index in [0.29, 0.717) is 42.4 Å². The molecule has 11 heteroatoms. The van der Waals surface area contributed by atoms with Gasteiger partial charge < -0.3 is 15.1 Å². The number of H-pyrrole nitrogens is 1. The summed E-state index contributed by atoms with van der Waals surface area (Å²) in [5, 5.41) is 12.6. The molecule has 29 heavy (non-hydrogen) atoms.